The molecule has 24 heavy (non-hydrogen) atoms. The zero-order valence-electron chi connectivity index (χ0n) is 14.5. The lowest BCUT2D eigenvalue weighted by molar-refractivity contribution is 0.0962. The van der Waals surface area contributed by atoms with Crippen LogP contribution in [0.2, 0.25) is 0 Å². The average Bonchev–Trinajstić information content (AvgIpc) is 2.97. The van der Waals surface area contributed by atoms with Gasteiger partial charge in [-0.05, 0) is 38.1 Å². The second kappa shape index (κ2) is 8.42. The van der Waals surface area contributed by atoms with E-state index in [0.717, 1.165) is 45.7 Å². The summed E-state index contributed by atoms with van der Waals surface area (Å²) in [5, 5.41) is 14.4. The number of benzene rings is 1. The van der Waals surface area contributed by atoms with E-state index in [1.807, 2.05) is 12.3 Å². The van der Waals surface area contributed by atoms with E-state index in [-0.39, 0.29) is 6.10 Å². The molecule has 0 unspecified atom stereocenters. The molecule has 1 aromatic carbocycles. The summed E-state index contributed by atoms with van der Waals surface area (Å²) in [7, 11) is 0. The number of aliphatic hydroxyl groups excluding tert-OH is 1. The van der Waals surface area contributed by atoms with Crippen molar-refractivity contribution in [2.45, 2.75) is 32.5 Å². The predicted octanol–water partition coefficient (Wildman–Crippen LogP) is 1.76. The molecule has 0 saturated carbocycles. The second-order valence-electron chi connectivity index (χ2n) is 6.80. The molecule has 1 atom stereocenters. The van der Waals surface area contributed by atoms with Crippen LogP contribution in [0.3, 0.4) is 0 Å². The molecule has 0 amide bonds. The molecule has 1 saturated heterocycles. The molecule has 1 aliphatic heterocycles. The van der Waals surface area contributed by atoms with Crippen molar-refractivity contribution in [3.05, 3.63) is 53.9 Å². The third-order valence-electron chi connectivity index (χ3n) is 4.63. The first-order valence-corrected chi connectivity index (χ1v) is 8.85. The summed E-state index contributed by atoms with van der Waals surface area (Å²) in [5.74, 6) is 0. The minimum Gasteiger partial charge on any atom is -0.390 e. The number of hydrogen-bond donors (Lipinski definition) is 1. The van der Waals surface area contributed by atoms with E-state index in [1.165, 1.54) is 11.1 Å². The number of nitrogens with zero attached hydrogens (tertiary/aromatic N) is 4. The van der Waals surface area contributed by atoms with Crippen molar-refractivity contribution < 1.29 is 5.11 Å². The zero-order chi connectivity index (χ0) is 16.8. The highest BCUT2D eigenvalue weighted by Gasteiger charge is 2.17. The molecule has 2 aromatic rings. The van der Waals surface area contributed by atoms with E-state index >= 15 is 0 Å². The first-order chi connectivity index (χ1) is 11.7. The van der Waals surface area contributed by atoms with E-state index < -0.39 is 0 Å². The summed E-state index contributed by atoms with van der Waals surface area (Å²) in [6.07, 6.45) is 4.44. The quantitative estimate of drug-likeness (QED) is 0.878. The number of β-amino-alcohol motifs (C(OH)–C–C–N with tert-alkyl or cyclic N) is 1. The van der Waals surface area contributed by atoms with E-state index in [0.29, 0.717) is 6.54 Å². The highest BCUT2D eigenvalue weighted by atomic mass is 16.3. The van der Waals surface area contributed by atoms with Crippen LogP contribution < -0.4 is 0 Å². The van der Waals surface area contributed by atoms with E-state index in [9.17, 15) is 5.11 Å². The van der Waals surface area contributed by atoms with Crippen LogP contribution in [-0.4, -0.2) is 63.5 Å². The van der Waals surface area contributed by atoms with Crippen LogP contribution >= 0.6 is 0 Å². The first-order valence-electron chi connectivity index (χ1n) is 8.85. The summed E-state index contributed by atoms with van der Waals surface area (Å²) in [6, 6.07) is 10.7. The average molecular weight is 328 g/mol. The smallest absolute Gasteiger partial charge is 0.0862 e. The molecule has 1 aliphatic rings. The fourth-order valence-corrected chi connectivity index (χ4v) is 3.30. The molecule has 5 nitrogen and oxygen atoms in total. The Kier molecular flexibility index (Phi) is 6.01. The fraction of sp³-hybridized carbons (Fsp3) is 0.526. The van der Waals surface area contributed by atoms with Crippen molar-refractivity contribution >= 4 is 0 Å². The summed E-state index contributed by atoms with van der Waals surface area (Å²) >= 11 is 0. The minimum atomic E-state index is -0.367. The third-order valence-corrected chi connectivity index (χ3v) is 4.63. The Morgan fingerprint density at radius 2 is 1.79 bits per heavy atom. The molecule has 0 spiro atoms. The summed E-state index contributed by atoms with van der Waals surface area (Å²) < 4.78 is 1.80. The number of aryl methyl sites for hydroxylation is 1. The zero-order valence-corrected chi connectivity index (χ0v) is 14.5. The van der Waals surface area contributed by atoms with E-state index in [4.69, 9.17) is 0 Å². The first kappa shape index (κ1) is 17.1. The van der Waals surface area contributed by atoms with Gasteiger partial charge in [-0.1, -0.05) is 29.8 Å². The molecule has 130 valence electrons. The van der Waals surface area contributed by atoms with Gasteiger partial charge in [0.1, 0.15) is 0 Å². The van der Waals surface area contributed by atoms with Crippen molar-refractivity contribution in [3.63, 3.8) is 0 Å². The molecule has 5 heteroatoms. The molecule has 1 aromatic heterocycles. The fourth-order valence-electron chi connectivity index (χ4n) is 3.30. The Morgan fingerprint density at radius 3 is 2.54 bits per heavy atom. The Hall–Kier alpha value is -1.69. The van der Waals surface area contributed by atoms with Crippen LogP contribution in [0.15, 0.2) is 42.7 Å². The molecule has 1 N–H and O–H groups in total. The molecule has 0 bridgehead atoms. The summed E-state index contributed by atoms with van der Waals surface area (Å²) in [6.45, 7) is 8.69. The lowest BCUT2D eigenvalue weighted by Gasteiger charge is -2.24. The highest BCUT2D eigenvalue weighted by Crippen LogP contribution is 2.10. The number of aliphatic hydroxyl groups is 1. The maximum absolute atomic E-state index is 10.3. The van der Waals surface area contributed by atoms with Crippen LogP contribution in [0, 0.1) is 6.92 Å². The van der Waals surface area contributed by atoms with Gasteiger partial charge in [0.2, 0.25) is 0 Å². The molecular formula is C19H28N4O. The van der Waals surface area contributed by atoms with Gasteiger partial charge < -0.3 is 5.11 Å². The summed E-state index contributed by atoms with van der Waals surface area (Å²) in [5.41, 5.74) is 2.69. The molecule has 0 aliphatic carbocycles. The lowest BCUT2D eigenvalue weighted by Crippen LogP contribution is -2.37. The topological polar surface area (TPSA) is 44.5 Å². The largest absolute Gasteiger partial charge is 0.390 e. The van der Waals surface area contributed by atoms with Crippen LogP contribution in [0.5, 0.6) is 0 Å². The van der Waals surface area contributed by atoms with Crippen molar-refractivity contribution in [2.75, 3.05) is 32.7 Å². The third kappa shape index (κ3) is 5.16. The van der Waals surface area contributed by atoms with Crippen molar-refractivity contribution in [3.8, 4) is 0 Å². The van der Waals surface area contributed by atoms with Crippen LogP contribution in [-0.2, 0) is 13.1 Å². The van der Waals surface area contributed by atoms with Crippen molar-refractivity contribution in [1.82, 2.24) is 19.6 Å². The van der Waals surface area contributed by atoms with Crippen LogP contribution in [0.1, 0.15) is 17.5 Å². The molecule has 3 rings (SSSR count). The van der Waals surface area contributed by atoms with Gasteiger partial charge in [0.05, 0.1) is 12.6 Å². The van der Waals surface area contributed by atoms with Crippen molar-refractivity contribution in [2.24, 2.45) is 0 Å². The van der Waals surface area contributed by atoms with Crippen molar-refractivity contribution in [1.29, 1.82) is 0 Å². The Labute approximate surface area is 144 Å². The van der Waals surface area contributed by atoms with E-state index in [1.54, 1.807) is 10.9 Å². The molecular weight excluding hydrogens is 300 g/mol. The van der Waals surface area contributed by atoms with Gasteiger partial charge in [0.15, 0.2) is 0 Å². The van der Waals surface area contributed by atoms with Crippen LogP contribution in [0.4, 0.5) is 0 Å². The standard InChI is InChI=1S/C19H28N4O/c1-17-4-6-18(7-5-17)14-21-9-3-10-22(13-12-21)15-19(24)16-23-11-2-8-20-23/h2,4-8,11,19,24H,3,9-10,12-16H2,1H3/t19-/m1/s1. The predicted molar refractivity (Wildman–Crippen MR) is 95.7 cm³/mol. The normalized spacial score (nSPS) is 18.4. The lowest BCUT2D eigenvalue weighted by atomic mass is 10.1. The SMILES string of the molecule is Cc1ccc(CN2CCCN(C[C@@H](O)Cn3cccn3)CC2)cc1. The molecule has 1 fully saturated rings. The maximum Gasteiger partial charge on any atom is 0.0862 e. The number of aromatic nitrogens is 2. The highest BCUT2D eigenvalue weighted by molar-refractivity contribution is 5.21. The Morgan fingerprint density at radius 1 is 1.04 bits per heavy atom. The van der Waals surface area contributed by atoms with Gasteiger partial charge in [0.25, 0.3) is 0 Å². The Balaban J connectivity index is 1.45. The molecule has 2 heterocycles. The van der Waals surface area contributed by atoms with Gasteiger partial charge in [0, 0.05) is 38.6 Å². The Bertz CT molecular complexity index is 596. The van der Waals surface area contributed by atoms with Gasteiger partial charge in [-0.15, -0.1) is 0 Å². The van der Waals surface area contributed by atoms with Gasteiger partial charge >= 0.3 is 0 Å². The minimum absolute atomic E-state index is 0.367. The molecule has 0 radical (unpaired) electrons. The van der Waals surface area contributed by atoms with Gasteiger partial charge in [-0.2, -0.15) is 5.10 Å². The number of rotatable bonds is 6. The maximum atomic E-state index is 10.3. The monoisotopic (exact) mass is 328 g/mol. The second-order valence-corrected chi connectivity index (χ2v) is 6.80. The summed E-state index contributed by atoms with van der Waals surface area (Å²) in [4.78, 5) is 4.90. The number of hydrogen-bond acceptors (Lipinski definition) is 4. The van der Waals surface area contributed by atoms with E-state index in [2.05, 4.69) is 46.1 Å². The van der Waals surface area contributed by atoms with Gasteiger partial charge in [-0.3, -0.25) is 14.5 Å². The van der Waals surface area contributed by atoms with Crippen LogP contribution in [0.25, 0.3) is 0 Å². The van der Waals surface area contributed by atoms with Gasteiger partial charge in [-0.25, -0.2) is 0 Å².